The van der Waals surface area contributed by atoms with E-state index in [1.165, 1.54) is 41.9 Å². The van der Waals surface area contributed by atoms with Gasteiger partial charge in [-0.1, -0.05) is 29.8 Å². The molecule has 0 radical (unpaired) electrons. The highest BCUT2D eigenvalue weighted by Crippen LogP contribution is 2.38. The molecule has 17 heteroatoms. The third-order valence-corrected chi connectivity index (χ3v) is 12.1. The Labute approximate surface area is 335 Å². The number of rotatable bonds is 15. The lowest BCUT2D eigenvalue weighted by Crippen LogP contribution is -2.42. The third kappa shape index (κ3) is 9.69. The summed E-state index contributed by atoms with van der Waals surface area (Å²) in [5.41, 5.74) is -0.411. The lowest BCUT2D eigenvalue weighted by molar-refractivity contribution is -0.169. The van der Waals surface area contributed by atoms with E-state index in [0.29, 0.717) is 57.1 Å². The van der Waals surface area contributed by atoms with Crippen LogP contribution in [-0.2, 0) is 26.4 Å². The minimum atomic E-state index is -1.83. The number of nitrogens with one attached hydrogen (secondary N) is 3. The molecule has 3 aromatic heterocycles. The summed E-state index contributed by atoms with van der Waals surface area (Å²) in [6, 6.07) is 16.5. The highest BCUT2D eigenvalue weighted by atomic mass is 35.5. The molecular formula is C39H44ClFN4O9S2. The molecule has 2 aromatic carbocycles. The molecule has 0 aliphatic heterocycles. The summed E-state index contributed by atoms with van der Waals surface area (Å²) >= 11 is 9.16. The minimum Gasteiger partial charge on any atom is -0.506 e. The molecule has 13 nitrogen and oxygen atoms in total. The Morgan fingerprint density at radius 2 is 1.75 bits per heavy atom. The van der Waals surface area contributed by atoms with Crippen molar-refractivity contribution in [1.29, 1.82) is 0 Å². The monoisotopic (exact) mass is 830 g/mol. The van der Waals surface area contributed by atoms with Gasteiger partial charge in [-0.3, -0.25) is 14.8 Å². The predicted octanol–water partition coefficient (Wildman–Crippen LogP) is 6.27. The predicted molar refractivity (Wildman–Crippen MR) is 215 cm³/mol. The molecule has 300 valence electrons. The topological polar surface area (TPSA) is 183 Å². The number of aromatic hydroxyl groups is 1. The summed E-state index contributed by atoms with van der Waals surface area (Å²) in [5.74, 6) is -0.291. The van der Waals surface area contributed by atoms with E-state index in [1.807, 2.05) is 17.8 Å². The lowest BCUT2D eigenvalue weighted by Gasteiger charge is -2.35. The highest BCUT2D eigenvalue weighted by molar-refractivity contribution is 7.12. The SMILES string of the molecule is COc1cc(NC(=O)OCCN(C)C2CCC(OC(=O)C(O)(c3cccs3)c3cccs3)CC2)c(Cl)cc1CNC[C@@H](O)c1ccc(O)c2[nH]c(=O)ccc12.F. The average Bonchev–Trinajstić information content (AvgIpc) is 3.93. The van der Waals surface area contributed by atoms with Crippen LogP contribution in [0.25, 0.3) is 10.9 Å². The quantitative estimate of drug-likeness (QED) is 0.0655. The number of anilines is 1. The van der Waals surface area contributed by atoms with Gasteiger partial charge in [0.05, 0.1) is 39.2 Å². The average molecular weight is 831 g/mol. The van der Waals surface area contributed by atoms with E-state index in [2.05, 4.69) is 20.5 Å². The van der Waals surface area contributed by atoms with Crippen LogP contribution < -0.4 is 20.9 Å². The molecule has 1 aliphatic carbocycles. The van der Waals surface area contributed by atoms with Crippen LogP contribution >= 0.6 is 34.3 Å². The zero-order valence-corrected chi connectivity index (χ0v) is 33.0. The van der Waals surface area contributed by atoms with Gasteiger partial charge in [0.2, 0.25) is 11.2 Å². The number of phenolic OH excluding ortho intramolecular Hbond substituents is 1. The molecule has 3 heterocycles. The number of likely N-dealkylation sites (N-methyl/N-ethyl adjacent to an activating group) is 1. The fourth-order valence-electron chi connectivity index (χ4n) is 6.76. The van der Waals surface area contributed by atoms with Crippen LogP contribution in [0.4, 0.5) is 15.2 Å². The van der Waals surface area contributed by atoms with Gasteiger partial charge >= 0.3 is 12.1 Å². The van der Waals surface area contributed by atoms with Crippen LogP contribution in [-0.4, -0.2) is 83.3 Å². The minimum absolute atomic E-state index is 0. The van der Waals surface area contributed by atoms with Gasteiger partial charge in [0.25, 0.3) is 0 Å². The number of ether oxygens (including phenoxy) is 3. The van der Waals surface area contributed by atoms with Gasteiger partial charge < -0.3 is 44.7 Å². The largest absolute Gasteiger partial charge is 0.506 e. The van der Waals surface area contributed by atoms with Gasteiger partial charge in [0.1, 0.15) is 24.2 Å². The number of carbonyl (C=O) groups excluding carboxylic acids is 2. The number of pyridine rings is 1. The van der Waals surface area contributed by atoms with E-state index < -0.39 is 23.8 Å². The van der Waals surface area contributed by atoms with Crippen molar-refractivity contribution in [2.45, 2.75) is 56.1 Å². The van der Waals surface area contributed by atoms with E-state index >= 15 is 0 Å². The highest BCUT2D eigenvalue weighted by Gasteiger charge is 2.45. The second-order valence-electron chi connectivity index (χ2n) is 13.3. The molecule has 6 rings (SSSR count). The number of aromatic amines is 1. The van der Waals surface area contributed by atoms with E-state index in [1.54, 1.807) is 48.5 Å². The summed E-state index contributed by atoms with van der Waals surface area (Å²) in [6.45, 7) is 1.05. The Hall–Kier alpha value is -4.55. The number of aliphatic hydroxyl groups is 2. The molecule has 0 spiro atoms. The molecular weight excluding hydrogens is 787 g/mol. The number of nitrogens with zero attached hydrogens (tertiary/aromatic N) is 1. The first-order chi connectivity index (χ1) is 26.5. The number of fused-ring (bicyclic) bond motifs is 1. The second kappa shape index (κ2) is 19.1. The van der Waals surface area contributed by atoms with Gasteiger partial charge in [-0.15, -0.1) is 22.7 Å². The Bertz CT molecular complexity index is 2110. The lowest BCUT2D eigenvalue weighted by atomic mass is 9.91. The summed E-state index contributed by atoms with van der Waals surface area (Å²) in [7, 11) is 3.46. The number of phenols is 1. The van der Waals surface area contributed by atoms with Crippen LogP contribution in [0.5, 0.6) is 11.5 Å². The molecule has 0 saturated heterocycles. The maximum atomic E-state index is 13.3. The number of hydrogen-bond acceptors (Lipinski definition) is 13. The molecule has 0 unspecified atom stereocenters. The standard InChI is InChI=1S/C39H43ClN4O9S2.FH/c1-44(24-7-9-25(10-8-24)53-37(48)39(50,33-5-3-17-54-33)34-6-4-18-55-34)15-16-52-38(49)42-29-20-32(51-2)23(19-28(29)40)21-41-22-31(46)26-11-13-30(45)36-27(26)12-14-35(47)43-36;/h3-6,11-14,17-20,24-25,31,41,45-46,50H,7-10,15-16,21-22H2,1-2H3,(H,42,49)(H,43,47);1H/t24?,25?,31-;/m1./s1. The number of methoxy groups -OCH3 is 1. The molecule has 56 heavy (non-hydrogen) atoms. The molecule has 1 fully saturated rings. The molecule has 0 bridgehead atoms. The number of thiophene rings is 2. The van der Waals surface area contributed by atoms with Crippen molar-refractivity contribution in [1.82, 2.24) is 15.2 Å². The number of halogens is 2. The van der Waals surface area contributed by atoms with Crippen LogP contribution in [0.3, 0.4) is 0 Å². The van der Waals surface area contributed by atoms with Crippen molar-refractivity contribution in [3.05, 3.63) is 108 Å². The fraction of sp³-hybridized carbons (Fsp3) is 0.359. The third-order valence-electron chi connectivity index (χ3n) is 9.79. The zero-order chi connectivity index (χ0) is 39.1. The molecule has 1 atom stereocenters. The Balaban J connectivity index is 0.00000600. The van der Waals surface area contributed by atoms with Crippen LogP contribution in [0.1, 0.15) is 52.7 Å². The summed E-state index contributed by atoms with van der Waals surface area (Å²) in [5, 5.41) is 42.9. The van der Waals surface area contributed by atoms with Crippen molar-refractivity contribution in [2.75, 3.05) is 39.2 Å². The summed E-state index contributed by atoms with van der Waals surface area (Å²) < 4.78 is 16.9. The number of amides is 1. The molecule has 1 amide bonds. The van der Waals surface area contributed by atoms with E-state index in [0.717, 1.165) is 12.8 Å². The number of aliphatic hydroxyl groups excluding tert-OH is 1. The van der Waals surface area contributed by atoms with Crippen molar-refractivity contribution >= 4 is 62.9 Å². The Morgan fingerprint density at radius 1 is 1.05 bits per heavy atom. The first kappa shape index (κ1) is 42.6. The molecule has 6 N–H and O–H groups in total. The Morgan fingerprint density at radius 3 is 2.39 bits per heavy atom. The summed E-state index contributed by atoms with van der Waals surface area (Å²) in [4.78, 5) is 43.6. The maximum Gasteiger partial charge on any atom is 0.411 e. The van der Waals surface area contributed by atoms with E-state index in [-0.39, 0.29) is 58.4 Å². The van der Waals surface area contributed by atoms with Crippen molar-refractivity contribution in [2.24, 2.45) is 0 Å². The van der Waals surface area contributed by atoms with Gasteiger partial charge in [-0.05, 0) is 79.4 Å². The van der Waals surface area contributed by atoms with Gasteiger partial charge in [-0.25, -0.2) is 9.59 Å². The molecule has 1 saturated carbocycles. The number of aromatic nitrogens is 1. The first-order valence-electron chi connectivity index (χ1n) is 17.7. The normalized spacial score (nSPS) is 16.2. The number of H-pyrrole nitrogens is 1. The van der Waals surface area contributed by atoms with Crippen LogP contribution in [0.2, 0.25) is 5.02 Å². The van der Waals surface area contributed by atoms with Gasteiger partial charge in [0, 0.05) is 48.8 Å². The fourth-order valence-corrected chi connectivity index (χ4v) is 8.71. The number of carbonyl (C=O) groups is 2. The van der Waals surface area contributed by atoms with Crippen molar-refractivity contribution in [3.63, 3.8) is 0 Å². The zero-order valence-electron chi connectivity index (χ0n) is 30.7. The smallest absolute Gasteiger partial charge is 0.411 e. The van der Waals surface area contributed by atoms with Crippen molar-refractivity contribution in [3.8, 4) is 11.5 Å². The number of esters is 1. The number of hydrogen-bond donors (Lipinski definition) is 6. The van der Waals surface area contributed by atoms with Gasteiger partial charge in [-0.2, -0.15) is 0 Å². The van der Waals surface area contributed by atoms with E-state index in [9.17, 15) is 29.7 Å². The van der Waals surface area contributed by atoms with Crippen LogP contribution in [0, 0.1) is 0 Å². The second-order valence-corrected chi connectivity index (χ2v) is 15.6. The molecule has 5 aromatic rings. The van der Waals surface area contributed by atoms with Crippen molar-refractivity contribution < 1.29 is 43.8 Å². The first-order valence-corrected chi connectivity index (χ1v) is 19.9. The van der Waals surface area contributed by atoms with Gasteiger partial charge in [0.15, 0.2) is 0 Å². The van der Waals surface area contributed by atoms with Crippen LogP contribution in [0.15, 0.2) is 76.2 Å². The summed E-state index contributed by atoms with van der Waals surface area (Å²) in [6.07, 6.45) is 0.933. The molecule has 1 aliphatic rings. The number of benzene rings is 2. The van der Waals surface area contributed by atoms with E-state index in [4.69, 9.17) is 25.8 Å². The maximum absolute atomic E-state index is 13.3. The Kier molecular flexibility index (Phi) is 14.5.